The molecule has 0 aliphatic heterocycles. The largest absolute Gasteiger partial charge is 0.422 e. The van der Waals surface area contributed by atoms with Gasteiger partial charge in [-0.15, -0.1) is 10.2 Å². The standard InChI is InChI=1S/C36H41FN6O4SSi/c1-24(2)49(25(3)4,26(5)6)47-20-10-19-42-22-32(34(41-42)27-13-15-28(37)16-14-27)30-17-18-38-35-31(30)21-33(36-40-39-23-46-36)43(35)48(44,45)29-11-8-7-9-12-29/h7-9,11-18,21-26H,10,19-20H2,1-6H3. The van der Waals surface area contributed by atoms with Crippen LogP contribution in [0.2, 0.25) is 16.6 Å². The Morgan fingerprint density at radius 2 is 1.61 bits per heavy atom. The molecule has 4 aromatic heterocycles. The van der Waals surface area contributed by atoms with Gasteiger partial charge in [-0.05, 0) is 77.1 Å². The zero-order valence-corrected chi connectivity index (χ0v) is 30.4. The predicted octanol–water partition coefficient (Wildman–Crippen LogP) is 8.58. The van der Waals surface area contributed by atoms with Crippen molar-refractivity contribution in [1.82, 2.24) is 28.9 Å². The van der Waals surface area contributed by atoms with Crippen molar-refractivity contribution in [3.8, 4) is 34.0 Å². The number of nitrogens with zero attached hydrogens (tertiary/aromatic N) is 6. The van der Waals surface area contributed by atoms with Crippen LogP contribution in [-0.2, 0) is 21.0 Å². The topological polar surface area (TPSA) is 118 Å². The van der Waals surface area contributed by atoms with E-state index in [1.807, 2.05) is 16.9 Å². The molecule has 0 saturated heterocycles. The highest BCUT2D eigenvalue weighted by atomic mass is 32.2. The summed E-state index contributed by atoms with van der Waals surface area (Å²) < 4.78 is 57.6. The summed E-state index contributed by atoms with van der Waals surface area (Å²) >= 11 is 0. The van der Waals surface area contributed by atoms with E-state index in [0.29, 0.717) is 46.4 Å². The first kappa shape index (κ1) is 34.4. The van der Waals surface area contributed by atoms with E-state index in [1.54, 1.807) is 42.6 Å². The molecule has 0 radical (unpaired) electrons. The fourth-order valence-corrected chi connectivity index (χ4v) is 14.2. The van der Waals surface area contributed by atoms with Gasteiger partial charge in [-0.25, -0.2) is 21.8 Å². The van der Waals surface area contributed by atoms with Crippen LogP contribution in [0.4, 0.5) is 4.39 Å². The number of aryl methyl sites for hydroxylation is 1. The van der Waals surface area contributed by atoms with Gasteiger partial charge in [0.25, 0.3) is 15.9 Å². The molecule has 6 aromatic rings. The molecule has 0 aliphatic rings. The third kappa shape index (κ3) is 6.38. The summed E-state index contributed by atoms with van der Waals surface area (Å²) in [7, 11) is -6.15. The van der Waals surface area contributed by atoms with Gasteiger partial charge in [0, 0.05) is 42.1 Å². The van der Waals surface area contributed by atoms with Crippen LogP contribution in [0, 0.1) is 5.82 Å². The van der Waals surface area contributed by atoms with Gasteiger partial charge in [0.1, 0.15) is 17.2 Å². The second-order valence-electron chi connectivity index (χ2n) is 13.1. The first-order valence-electron chi connectivity index (χ1n) is 16.5. The third-order valence-electron chi connectivity index (χ3n) is 9.28. The van der Waals surface area contributed by atoms with Gasteiger partial charge in [-0.2, -0.15) is 5.10 Å². The number of benzene rings is 2. The molecule has 2 aromatic carbocycles. The van der Waals surface area contributed by atoms with Crippen molar-refractivity contribution in [3.05, 3.63) is 91.3 Å². The van der Waals surface area contributed by atoms with E-state index < -0.39 is 18.3 Å². The Labute approximate surface area is 287 Å². The van der Waals surface area contributed by atoms with Crippen molar-refractivity contribution in [2.45, 2.75) is 76.0 Å². The second-order valence-corrected chi connectivity index (χ2v) is 20.4. The fourth-order valence-electron chi connectivity index (χ4n) is 7.21. The van der Waals surface area contributed by atoms with Gasteiger partial charge in [0.2, 0.25) is 6.39 Å². The van der Waals surface area contributed by atoms with Crippen LogP contribution in [0.1, 0.15) is 48.0 Å². The zero-order valence-electron chi connectivity index (χ0n) is 28.5. The molecule has 13 heteroatoms. The quantitative estimate of drug-likeness (QED) is 0.0869. The summed E-state index contributed by atoms with van der Waals surface area (Å²) in [5.41, 5.74) is 4.60. The van der Waals surface area contributed by atoms with Gasteiger partial charge in [-0.1, -0.05) is 59.7 Å². The Bertz CT molecular complexity index is 2120. The molecule has 10 nitrogen and oxygen atoms in total. The number of pyridine rings is 1. The predicted molar refractivity (Wildman–Crippen MR) is 190 cm³/mol. The molecule has 0 atom stereocenters. The highest BCUT2D eigenvalue weighted by Gasteiger charge is 2.44. The van der Waals surface area contributed by atoms with Crippen molar-refractivity contribution < 1.29 is 21.7 Å². The number of rotatable bonds is 13. The smallest absolute Gasteiger partial charge is 0.270 e. The average Bonchev–Trinajstić information content (AvgIpc) is 3.84. The molecule has 4 heterocycles. The average molecular weight is 701 g/mol. The fraction of sp³-hybridized carbons (Fsp3) is 0.333. The van der Waals surface area contributed by atoms with Crippen molar-refractivity contribution in [2.24, 2.45) is 0 Å². The molecule has 0 aliphatic carbocycles. The van der Waals surface area contributed by atoms with Gasteiger partial charge in [-0.3, -0.25) is 4.68 Å². The van der Waals surface area contributed by atoms with Crippen LogP contribution in [-0.4, -0.2) is 52.3 Å². The highest BCUT2D eigenvalue weighted by Crippen LogP contribution is 2.43. The van der Waals surface area contributed by atoms with E-state index in [4.69, 9.17) is 13.9 Å². The number of hydrogen-bond donors (Lipinski definition) is 0. The van der Waals surface area contributed by atoms with Crippen molar-refractivity contribution >= 4 is 29.4 Å². The summed E-state index contributed by atoms with van der Waals surface area (Å²) in [5, 5.41) is 13.3. The number of halogens is 1. The maximum absolute atomic E-state index is 14.1. The summed E-state index contributed by atoms with van der Waals surface area (Å²) in [6.45, 7) is 14.9. The molecule has 0 spiro atoms. The molecule has 6 rings (SSSR count). The van der Waals surface area contributed by atoms with E-state index in [-0.39, 0.29) is 27.9 Å². The molecule has 49 heavy (non-hydrogen) atoms. The van der Waals surface area contributed by atoms with E-state index in [1.165, 1.54) is 24.3 Å². The van der Waals surface area contributed by atoms with E-state index >= 15 is 0 Å². The molecular weight excluding hydrogens is 660 g/mol. The molecule has 0 bridgehead atoms. The monoisotopic (exact) mass is 700 g/mol. The summed E-state index contributed by atoms with van der Waals surface area (Å²) in [5.74, 6) is -0.324. The lowest BCUT2D eigenvalue weighted by Crippen LogP contribution is -2.48. The Morgan fingerprint density at radius 1 is 0.918 bits per heavy atom. The molecule has 0 amide bonds. The maximum Gasteiger partial charge on any atom is 0.270 e. The van der Waals surface area contributed by atoms with Crippen LogP contribution < -0.4 is 0 Å². The van der Waals surface area contributed by atoms with Crippen molar-refractivity contribution in [1.29, 1.82) is 0 Å². The van der Waals surface area contributed by atoms with E-state index in [0.717, 1.165) is 27.9 Å². The summed E-state index contributed by atoms with van der Waals surface area (Å²) in [4.78, 5) is 4.63. The molecule has 0 unspecified atom stereocenters. The van der Waals surface area contributed by atoms with Crippen LogP contribution in [0.3, 0.4) is 0 Å². The maximum atomic E-state index is 14.1. The Kier molecular flexibility index (Phi) is 9.69. The minimum Gasteiger partial charge on any atom is -0.422 e. The van der Waals surface area contributed by atoms with Crippen molar-refractivity contribution in [2.75, 3.05) is 6.61 Å². The van der Waals surface area contributed by atoms with Gasteiger partial charge >= 0.3 is 0 Å². The molecule has 0 N–H and O–H groups in total. The van der Waals surface area contributed by atoms with E-state index in [9.17, 15) is 12.8 Å². The van der Waals surface area contributed by atoms with Gasteiger partial charge in [0.05, 0.1) is 4.90 Å². The number of aromatic nitrogens is 6. The number of hydrogen-bond acceptors (Lipinski definition) is 8. The summed E-state index contributed by atoms with van der Waals surface area (Å²) in [6.07, 6.45) is 5.42. The lowest BCUT2D eigenvalue weighted by atomic mass is 10.0. The first-order chi connectivity index (χ1) is 23.4. The summed E-state index contributed by atoms with van der Waals surface area (Å²) in [6, 6.07) is 17.8. The van der Waals surface area contributed by atoms with E-state index in [2.05, 4.69) is 56.7 Å². The normalized spacial score (nSPS) is 12.6. The Balaban J connectivity index is 1.44. The minimum atomic E-state index is -4.13. The second kappa shape index (κ2) is 13.8. The highest BCUT2D eigenvalue weighted by molar-refractivity contribution is 7.90. The van der Waals surface area contributed by atoms with Crippen LogP contribution in [0.5, 0.6) is 0 Å². The zero-order chi connectivity index (χ0) is 34.9. The number of fused-ring (bicyclic) bond motifs is 1. The SMILES string of the molecule is CC(C)[Si](OCCCn1cc(-c2ccnc3c2cc(-c2nnco2)n3S(=O)(=O)c2ccccc2)c(-c2ccc(F)cc2)n1)(C(C)C)C(C)C. The molecule has 256 valence electrons. The molecule has 0 saturated carbocycles. The van der Waals surface area contributed by atoms with Gasteiger partial charge < -0.3 is 8.84 Å². The third-order valence-corrected chi connectivity index (χ3v) is 17.1. The lowest BCUT2D eigenvalue weighted by Gasteiger charge is -2.42. The first-order valence-corrected chi connectivity index (χ1v) is 20.1. The van der Waals surface area contributed by atoms with Gasteiger partial charge in [0.15, 0.2) is 14.0 Å². The Hall–Kier alpha value is -4.46. The Morgan fingerprint density at radius 3 is 2.24 bits per heavy atom. The molecule has 0 fully saturated rings. The van der Waals surface area contributed by atoms with Crippen LogP contribution >= 0.6 is 0 Å². The minimum absolute atomic E-state index is 0.0294. The molecular formula is C36H41FN6O4SSi. The van der Waals surface area contributed by atoms with Crippen LogP contribution in [0.25, 0.3) is 45.0 Å². The van der Waals surface area contributed by atoms with Crippen LogP contribution in [0.15, 0.2) is 94.8 Å². The van der Waals surface area contributed by atoms with Crippen molar-refractivity contribution in [3.63, 3.8) is 0 Å². The lowest BCUT2D eigenvalue weighted by molar-refractivity contribution is 0.263.